The number of hydrogen-bond acceptors (Lipinski definition) is 4. The second-order valence-electron chi connectivity index (χ2n) is 7.37. The number of carbonyl (C=O) groups is 1. The number of hydrogen-bond donors (Lipinski definition) is 1. The predicted molar refractivity (Wildman–Crippen MR) is 116 cm³/mol. The van der Waals surface area contributed by atoms with Gasteiger partial charge in [0, 0.05) is 18.3 Å². The second-order valence-corrected chi connectivity index (χ2v) is 8.93. The van der Waals surface area contributed by atoms with E-state index in [4.69, 9.17) is 5.14 Å². The number of para-hydroxylation sites is 1. The Bertz CT molecular complexity index is 1170. The molecule has 0 aliphatic heterocycles. The van der Waals surface area contributed by atoms with Crippen LogP contribution >= 0.6 is 0 Å². The SMILES string of the molecule is Cc1nn(-c2ccccc2)c(C)c1CC(=O)N(C)C(C)c1cccc(S(N)(=O)=O)c1. The number of nitrogens with zero attached hydrogens (tertiary/aromatic N) is 3. The Labute approximate surface area is 177 Å². The summed E-state index contributed by atoms with van der Waals surface area (Å²) in [4.78, 5) is 14.6. The van der Waals surface area contributed by atoms with Crippen molar-refractivity contribution in [3.05, 3.63) is 77.1 Å². The number of amides is 1. The molecule has 0 aliphatic rings. The number of sulfonamides is 1. The average Bonchev–Trinajstić information content (AvgIpc) is 3.01. The molecule has 1 aromatic heterocycles. The topological polar surface area (TPSA) is 98.3 Å². The summed E-state index contributed by atoms with van der Waals surface area (Å²) in [6.45, 7) is 5.70. The molecule has 8 heteroatoms. The molecular formula is C22H26N4O3S. The van der Waals surface area contributed by atoms with Crippen molar-refractivity contribution in [2.75, 3.05) is 7.05 Å². The highest BCUT2D eigenvalue weighted by Gasteiger charge is 2.22. The molecule has 2 aromatic carbocycles. The first-order valence-electron chi connectivity index (χ1n) is 9.58. The van der Waals surface area contributed by atoms with Gasteiger partial charge in [-0.25, -0.2) is 18.2 Å². The van der Waals surface area contributed by atoms with Crippen LogP contribution in [-0.2, 0) is 21.2 Å². The van der Waals surface area contributed by atoms with Crippen LogP contribution in [0.25, 0.3) is 5.69 Å². The zero-order valence-electron chi connectivity index (χ0n) is 17.5. The lowest BCUT2D eigenvalue weighted by Crippen LogP contribution is -2.31. The number of likely N-dealkylation sites (N-methyl/N-ethyl adjacent to an activating group) is 1. The van der Waals surface area contributed by atoms with Crippen molar-refractivity contribution >= 4 is 15.9 Å². The molecule has 2 N–H and O–H groups in total. The number of benzene rings is 2. The monoisotopic (exact) mass is 426 g/mol. The van der Waals surface area contributed by atoms with Crippen LogP contribution in [0.3, 0.4) is 0 Å². The first-order valence-corrected chi connectivity index (χ1v) is 11.1. The maximum Gasteiger partial charge on any atom is 0.238 e. The van der Waals surface area contributed by atoms with Gasteiger partial charge in [0.15, 0.2) is 0 Å². The summed E-state index contributed by atoms with van der Waals surface area (Å²) in [5.41, 5.74) is 4.26. The van der Waals surface area contributed by atoms with Crippen molar-refractivity contribution in [3.63, 3.8) is 0 Å². The van der Waals surface area contributed by atoms with Crippen molar-refractivity contribution in [1.82, 2.24) is 14.7 Å². The van der Waals surface area contributed by atoms with E-state index in [-0.39, 0.29) is 23.3 Å². The minimum Gasteiger partial charge on any atom is -0.339 e. The van der Waals surface area contributed by atoms with Gasteiger partial charge in [0.2, 0.25) is 15.9 Å². The van der Waals surface area contributed by atoms with E-state index in [1.165, 1.54) is 12.1 Å². The molecule has 0 spiro atoms. The third-order valence-corrected chi connectivity index (χ3v) is 6.32. The van der Waals surface area contributed by atoms with E-state index in [9.17, 15) is 13.2 Å². The van der Waals surface area contributed by atoms with Gasteiger partial charge in [0.25, 0.3) is 0 Å². The van der Waals surface area contributed by atoms with Gasteiger partial charge >= 0.3 is 0 Å². The molecule has 3 rings (SSSR count). The van der Waals surface area contributed by atoms with E-state index in [1.54, 1.807) is 24.1 Å². The number of carbonyl (C=O) groups excluding carboxylic acids is 1. The molecule has 1 atom stereocenters. The Kier molecular flexibility index (Phi) is 6.09. The molecule has 7 nitrogen and oxygen atoms in total. The molecule has 1 amide bonds. The molecule has 0 radical (unpaired) electrons. The maximum atomic E-state index is 13.0. The molecule has 0 saturated carbocycles. The minimum absolute atomic E-state index is 0.0310. The fraction of sp³-hybridized carbons (Fsp3) is 0.273. The van der Waals surface area contributed by atoms with Gasteiger partial charge in [-0.3, -0.25) is 4.79 Å². The summed E-state index contributed by atoms with van der Waals surface area (Å²) in [5, 5.41) is 9.83. The number of aryl methyl sites for hydroxylation is 1. The van der Waals surface area contributed by atoms with Crippen molar-refractivity contribution in [2.24, 2.45) is 5.14 Å². The molecule has 158 valence electrons. The van der Waals surface area contributed by atoms with E-state index in [0.29, 0.717) is 5.56 Å². The van der Waals surface area contributed by atoms with Crippen molar-refractivity contribution in [2.45, 2.75) is 38.1 Å². The Morgan fingerprint density at radius 1 is 1.13 bits per heavy atom. The van der Waals surface area contributed by atoms with Gasteiger partial charge in [-0.05, 0) is 50.6 Å². The summed E-state index contributed by atoms with van der Waals surface area (Å²) in [6, 6.07) is 15.8. The summed E-state index contributed by atoms with van der Waals surface area (Å²) in [6.07, 6.45) is 0.209. The van der Waals surface area contributed by atoms with Crippen LogP contribution in [0, 0.1) is 13.8 Å². The van der Waals surface area contributed by atoms with Crippen LogP contribution in [0.4, 0.5) is 0 Å². The second kappa shape index (κ2) is 8.41. The molecule has 0 saturated heterocycles. The highest BCUT2D eigenvalue weighted by atomic mass is 32.2. The van der Waals surface area contributed by atoms with Crippen LogP contribution < -0.4 is 5.14 Å². The lowest BCUT2D eigenvalue weighted by molar-refractivity contribution is -0.131. The Balaban J connectivity index is 1.82. The molecule has 30 heavy (non-hydrogen) atoms. The first-order chi connectivity index (χ1) is 14.1. The first kappa shape index (κ1) is 21.7. The highest BCUT2D eigenvalue weighted by Crippen LogP contribution is 2.24. The number of nitrogens with two attached hydrogens (primary N) is 1. The van der Waals surface area contributed by atoms with Crippen molar-refractivity contribution in [1.29, 1.82) is 0 Å². The highest BCUT2D eigenvalue weighted by molar-refractivity contribution is 7.89. The normalized spacial score (nSPS) is 12.6. The van der Waals surface area contributed by atoms with Crippen LogP contribution in [0.1, 0.15) is 35.5 Å². The summed E-state index contributed by atoms with van der Waals surface area (Å²) in [5.74, 6) is -0.0812. The van der Waals surface area contributed by atoms with E-state index in [2.05, 4.69) is 5.10 Å². The van der Waals surface area contributed by atoms with Gasteiger partial charge in [-0.15, -0.1) is 0 Å². The molecule has 0 aliphatic carbocycles. The minimum atomic E-state index is -3.80. The predicted octanol–water partition coefficient (Wildman–Crippen LogP) is 2.90. The fourth-order valence-electron chi connectivity index (χ4n) is 3.42. The smallest absolute Gasteiger partial charge is 0.238 e. The molecular weight excluding hydrogens is 400 g/mol. The van der Waals surface area contributed by atoms with Gasteiger partial charge in [-0.2, -0.15) is 5.10 Å². The molecule has 1 unspecified atom stereocenters. The van der Waals surface area contributed by atoms with Crippen LogP contribution in [0.2, 0.25) is 0 Å². The molecule has 1 heterocycles. The average molecular weight is 427 g/mol. The van der Waals surface area contributed by atoms with Crippen molar-refractivity contribution in [3.8, 4) is 5.69 Å². The maximum absolute atomic E-state index is 13.0. The Morgan fingerprint density at radius 2 is 1.80 bits per heavy atom. The lowest BCUT2D eigenvalue weighted by atomic mass is 10.1. The van der Waals surface area contributed by atoms with Gasteiger partial charge in [-0.1, -0.05) is 30.3 Å². The molecule has 3 aromatic rings. The van der Waals surface area contributed by atoms with Gasteiger partial charge < -0.3 is 4.90 Å². The Morgan fingerprint density at radius 3 is 2.43 bits per heavy atom. The van der Waals surface area contributed by atoms with Gasteiger partial charge in [0.05, 0.1) is 28.7 Å². The van der Waals surface area contributed by atoms with E-state index in [1.807, 2.05) is 55.8 Å². The van der Waals surface area contributed by atoms with E-state index >= 15 is 0 Å². The van der Waals surface area contributed by atoms with Crippen LogP contribution in [0.5, 0.6) is 0 Å². The van der Waals surface area contributed by atoms with Crippen molar-refractivity contribution < 1.29 is 13.2 Å². The zero-order chi connectivity index (χ0) is 22.1. The number of rotatable bonds is 6. The standard InChI is InChI=1S/C22H26N4O3S/c1-15-21(17(3)26(24-15)19-10-6-5-7-11-19)14-22(27)25(4)16(2)18-9-8-12-20(13-18)30(23,28)29/h5-13,16H,14H2,1-4H3,(H2,23,28,29). The van der Waals surface area contributed by atoms with Crippen LogP contribution in [-0.4, -0.2) is 36.1 Å². The largest absolute Gasteiger partial charge is 0.339 e. The Hall–Kier alpha value is -2.97. The molecule has 0 bridgehead atoms. The molecule has 0 fully saturated rings. The third kappa shape index (κ3) is 4.44. The van der Waals surface area contributed by atoms with E-state index < -0.39 is 10.0 Å². The fourth-order valence-corrected chi connectivity index (χ4v) is 3.99. The summed E-state index contributed by atoms with van der Waals surface area (Å²) >= 11 is 0. The quantitative estimate of drug-likeness (QED) is 0.655. The third-order valence-electron chi connectivity index (χ3n) is 5.41. The summed E-state index contributed by atoms with van der Waals surface area (Å²) < 4.78 is 25.1. The van der Waals surface area contributed by atoms with E-state index in [0.717, 1.165) is 22.6 Å². The van der Waals surface area contributed by atoms with Crippen LogP contribution in [0.15, 0.2) is 59.5 Å². The lowest BCUT2D eigenvalue weighted by Gasteiger charge is -2.26. The van der Waals surface area contributed by atoms with Gasteiger partial charge in [0.1, 0.15) is 0 Å². The summed E-state index contributed by atoms with van der Waals surface area (Å²) in [7, 11) is -2.09. The zero-order valence-corrected chi connectivity index (χ0v) is 18.3. The number of aromatic nitrogens is 2. The number of primary sulfonamides is 1.